The van der Waals surface area contributed by atoms with Gasteiger partial charge in [-0.25, -0.2) is 0 Å². The fraction of sp³-hybridized carbons (Fsp3) is 0.438. The highest BCUT2D eigenvalue weighted by Crippen LogP contribution is 2.38. The molecule has 0 aromatic heterocycles. The van der Waals surface area contributed by atoms with Crippen molar-refractivity contribution in [3.05, 3.63) is 40.0 Å². The summed E-state index contributed by atoms with van der Waals surface area (Å²) in [5, 5.41) is 0. The monoisotopic (exact) mass is 445 g/mol. The molecule has 120 valence electrons. The highest BCUT2D eigenvalue weighted by molar-refractivity contribution is 9.15. The lowest BCUT2D eigenvalue weighted by Gasteiger charge is -2.32. The van der Waals surface area contributed by atoms with Crippen LogP contribution < -0.4 is 0 Å². The van der Waals surface area contributed by atoms with E-state index >= 15 is 0 Å². The van der Waals surface area contributed by atoms with Crippen LogP contribution in [0.2, 0.25) is 25.7 Å². The molecule has 1 aliphatic heterocycles. The van der Waals surface area contributed by atoms with Crippen molar-refractivity contribution in [2.24, 2.45) is 0 Å². The zero-order valence-electron chi connectivity index (χ0n) is 13.1. The number of rotatable bonds is 6. The van der Waals surface area contributed by atoms with E-state index in [1.807, 2.05) is 29.3 Å². The summed E-state index contributed by atoms with van der Waals surface area (Å²) in [5.41, 5.74) is 2.05. The molecule has 3 nitrogen and oxygen atoms in total. The number of hydrogen-bond donors (Lipinski definition) is 0. The van der Waals surface area contributed by atoms with Gasteiger partial charge in [0.15, 0.2) is 0 Å². The van der Waals surface area contributed by atoms with E-state index in [1.165, 1.54) is 0 Å². The Labute approximate surface area is 150 Å². The summed E-state index contributed by atoms with van der Waals surface area (Å²) >= 11 is 7.07. The predicted octanol–water partition coefficient (Wildman–Crippen LogP) is 5.01. The molecule has 0 spiro atoms. The summed E-state index contributed by atoms with van der Waals surface area (Å²) in [5.74, 6) is 0. The van der Waals surface area contributed by atoms with Crippen molar-refractivity contribution >= 4 is 50.7 Å². The first-order valence-corrected chi connectivity index (χ1v) is 12.6. The molecule has 1 heterocycles. The Morgan fingerprint density at radius 1 is 1.32 bits per heavy atom. The molecule has 1 unspecified atom stereocenters. The van der Waals surface area contributed by atoms with Crippen molar-refractivity contribution in [2.45, 2.75) is 31.7 Å². The lowest BCUT2D eigenvalue weighted by molar-refractivity contribution is -0.113. The van der Waals surface area contributed by atoms with Gasteiger partial charge in [-0.3, -0.25) is 0 Å². The molecule has 0 fully saturated rings. The van der Waals surface area contributed by atoms with Crippen LogP contribution in [-0.4, -0.2) is 32.6 Å². The van der Waals surface area contributed by atoms with Gasteiger partial charge in [0, 0.05) is 29.8 Å². The number of ether oxygens (including phenoxy) is 1. The number of benzene rings is 1. The maximum Gasteiger partial charge on any atom is 0.147 e. The van der Waals surface area contributed by atoms with E-state index in [1.54, 1.807) is 0 Å². The van der Waals surface area contributed by atoms with E-state index in [0.717, 1.165) is 39.0 Å². The van der Waals surface area contributed by atoms with Crippen LogP contribution in [0.5, 0.6) is 0 Å². The highest BCUT2D eigenvalue weighted by Gasteiger charge is 2.26. The molecule has 0 amide bonds. The van der Waals surface area contributed by atoms with Gasteiger partial charge in [-0.1, -0.05) is 41.6 Å². The number of hydrogen-bond acceptors (Lipinski definition) is 3. The summed E-state index contributed by atoms with van der Waals surface area (Å²) in [7, 11) is -1.09. The van der Waals surface area contributed by atoms with Gasteiger partial charge >= 0.3 is 0 Å². The predicted molar refractivity (Wildman–Crippen MR) is 101 cm³/mol. The quantitative estimate of drug-likeness (QED) is 0.349. The minimum atomic E-state index is -1.09. The summed E-state index contributed by atoms with van der Waals surface area (Å²) < 4.78 is 7.76. The number of nitrogens with zero attached hydrogens (tertiary/aromatic N) is 1. The minimum Gasteiger partial charge on any atom is -0.361 e. The van der Waals surface area contributed by atoms with Gasteiger partial charge in [-0.05, 0) is 45.2 Å². The number of carbonyl (C=O) groups is 1. The highest BCUT2D eigenvalue weighted by atomic mass is 79.9. The van der Waals surface area contributed by atoms with E-state index in [2.05, 4.69) is 51.5 Å². The fourth-order valence-corrected chi connectivity index (χ4v) is 4.01. The first kappa shape index (κ1) is 17.9. The number of aldehydes is 1. The van der Waals surface area contributed by atoms with Crippen LogP contribution in [0.4, 0.5) is 0 Å². The molecule has 0 aliphatic carbocycles. The van der Waals surface area contributed by atoms with Crippen LogP contribution in [0.1, 0.15) is 17.2 Å². The summed E-state index contributed by atoms with van der Waals surface area (Å²) in [6.45, 7) is 8.16. The Morgan fingerprint density at radius 2 is 2.05 bits per heavy atom. The Kier molecular flexibility index (Phi) is 6.05. The Bertz CT molecular complexity index is 584. The molecule has 0 bridgehead atoms. The van der Waals surface area contributed by atoms with Gasteiger partial charge in [0.05, 0.1) is 0 Å². The van der Waals surface area contributed by atoms with Crippen LogP contribution in [0.3, 0.4) is 0 Å². The lowest BCUT2D eigenvalue weighted by Crippen LogP contribution is -2.31. The van der Waals surface area contributed by atoms with Gasteiger partial charge in [0.2, 0.25) is 0 Å². The van der Waals surface area contributed by atoms with Crippen molar-refractivity contribution in [2.75, 3.05) is 13.3 Å². The zero-order valence-corrected chi connectivity index (χ0v) is 17.3. The largest absolute Gasteiger partial charge is 0.361 e. The molecule has 2 rings (SSSR count). The van der Waals surface area contributed by atoms with Crippen molar-refractivity contribution < 1.29 is 9.53 Å². The third kappa shape index (κ3) is 4.53. The normalized spacial score (nSPS) is 18.0. The van der Waals surface area contributed by atoms with Crippen molar-refractivity contribution in [1.82, 2.24) is 4.90 Å². The third-order valence-corrected chi connectivity index (χ3v) is 6.42. The third-order valence-electron chi connectivity index (χ3n) is 3.59. The second kappa shape index (κ2) is 7.42. The Morgan fingerprint density at radius 3 is 2.68 bits per heavy atom. The van der Waals surface area contributed by atoms with Crippen LogP contribution in [0.25, 0.3) is 4.48 Å². The standard InChI is InChI=1S/C16H21Br2NO2Si/c1-22(2,3)7-6-21-11-19-9-15(18)14-8-12(17)4-5-13(14)16(19)10-20/h4-5,8-10,16H,6-7,11H2,1-3H3. The first-order valence-electron chi connectivity index (χ1n) is 7.28. The SMILES string of the molecule is C[Si](C)(C)CCOCN1C=C(Br)c2cc(Br)ccc2C1C=O. The molecule has 0 N–H and O–H groups in total. The minimum absolute atomic E-state index is 0.295. The molecule has 22 heavy (non-hydrogen) atoms. The number of fused-ring (bicyclic) bond motifs is 1. The maximum absolute atomic E-state index is 11.6. The average molecular weight is 447 g/mol. The van der Waals surface area contributed by atoms with E-state index in [9.17, 15) is 4.79 Å². The molecule has 1 atom stereocenters. The smallest absolute Gasteiger partial charge is 0.147 e. The fourth-order valence-electron chi connectivity index (χ4n) is 2.28. The second-order valence-corrected chi connectivity index (χ2v) is 14.0. The van der Waals surface area contributed by atoms with Gasteiger partial charge in [-0.15, -0.1) is 0 Å². The molecule has 1 aromatic rings. The summed E-state index contributed by atoms with van der Waals surface area (Å²) in [4.78, 5) is 13.5. The molecule has 1 aliphatic rings. The van der Waals surface area contributed by atoms with Crippen molar-refractivity contribution in [3.8, 4) is 0 Å². The van der Waals surface area contributed by atoms with Gasteiger partial charge < -0.3 is 14.4 Å². The van der Waals surface area contributed by atoms with E-state index < -0.39 is 8.07 Å². The average Bonchev–Trinajstić information content (AvgIpc) is 2.43. The number of carbonyl (C=O) groups excluding carboxylic acids is 1. The van der Waals surface area contributed by atoms with Gasteiger partial charge in [0.25, 0.3) is 0 Å². The summed E-state index contributed by atoms with van der Waals surface area (Å²) in [6, 6.07) is 6.81. The topological polar surface area (TPSA) is 29.5 Å². The molecule has 0 saturated heterocycles. The Hall–Kier alpha value is -0.433. The summed E-state index contributed by atoms with van der Waals surface area (Å²) in [6.07, 6.45) is 2.92. The van der Waals surface area contributed by atoms with Gasteiger partial charge in [0.1, 0.15) is 19.1 Å². The lowest BCUT2D eigenvalue weighted by atomic mass is 9.97. The van der Waals surface area contributed by atoms with Crippen LogP contribution >= 0.6 is 31.9 Å². The van der Waals surface area contributed by atoms with E-state index in [4.69, 9.17) is 4.74 Å². The molecular weight excluding hydrogens is 426 g/mol. The van der Waals surface area contributed by atoms with E-state index in [0.29, 0.717) is 6.73 Å². The molecular formula is C16H21Br2NO2Si. The zero-order chi connectivity index (χ0) is 16.3. The molecule has 0 radical (unpaired) electrons. The Balaban J connectivity index is 2.09. The van der Waals surface area contributed by atoms with E-state index in [-0.39, 0.29) is 6.04 Å². The second-order valence-electron chi connectivity index (χ2n) is 6.65. The number of halogens is 2. The molecule has 1 aromatic carbocycles. The van der Waals surface area contributed by atoms with Gasteiger partial charge in [-0.2, -0.15) is 0 Å². The van der Waals surface area contributed by atoms with Crippen LogP contribution in [0, 0.1) is 0 Å². The van der Waals surface area contributed by atoms with Crippen LogP contribution in [-0.2, 0) is 9.53 Å². The molecule has 6 heteroatoms. The first-order chi connectivity index (χ1) is 10.3. The van der Waals surface area contributed by atoms with Crippen LogP contribution in [0.15, 0.2) is 28.9 Å². The van der Waals surface area contributed by atoms with Crippen molar-refractivity contribution in [1.29, 1.82) is 0 Å². The van der Waals surface area contributed by atoms with Crippen molar-refractivity contribution in [3.63, 3.8) is 0 Å². The maximum atomic E-state index is 11.6. The molecule has 0 saturated carbocycles.